The minimum atomic E-state index is 0.714. The molecule has 0 aliphatic heterocycles. The second-order valence-corrected chi connectivity index (χ2v) is 5.27. The molecule has 1 aliphatic rings. The van der Waals surface area contributed by atoms with Gasteiger partial charge in [0, 0.05) is 15.3 Å². The molecule has 0 bridgehead atoms. The van der Waals surface area contributed by atoms with E-state index in [1.54, 1.807) is 0 Å². The third-order valence-corrected chi connectivity index (χ3v) is 3.73. The first-order chi connectivity index (χ1) is 6.75. The third kappa shape index (κ3) is 2.41. The van der Waals surface area contributed by atoms with Crippen molar-refractivity contribution in [3.63, 3.8) is 0 Å². The Hall–Kier alpha value is -0.250. The SMILES string of the molecule is Cc1ccc(NC2CCCC2)c(I)c1. The number of anilines is 1. The lowest BCUT2D eigenvalue weighted by molar-refractivity contribution is 0.755. The van der Waals surface area contributed by atoms with Gasteiger partial charge in [-0.3, -0.25) is 0 Å². The van der Waals surface area contributed by atoms with Gasteiger partial charge in [-0.25, -0.2) is 0 Å². The number of halogens is 1. The first kappa shape index (κ1) is 10.3. The highest BCUT2D eigenvalue weighted by Crippen LogP contribution is 2.25. The number of rotatable bonds is 2. The van der Waals surface area contributed by atoms with Gasteiger partial charge in [-0.1, -0.05) is 18.9 Å². The maximum absolute atomic E-state index is 3.63. The minimum Gasteiger partial charge on any atom is -0.381 e. The van der Waals surface area contributed by atoms with Crippen LogP contribution in [-0.4, -0.2) is 6.04 Å². The summed E-state index contributed by atoms with van der Waals surface area (Å²) in [4.78, 5) is 0. The molecule has 0 unspecified atom stereocenters. The van der Waals surface area contributed by atoms with Gasteiger partial charge < -0.3 is 5.32 Å². The normalized spacial score (nSPS) is 17.3. The van der Waals surface area contributed by atoms with Crippen LogP contribution in [0.3, 0.4) is 0 Å². The highest BCUT2D eigenvalue weighted by atomic mass is 127. The lowest BCUT2D eigenvalue weighted by Gasteiger charge is -2.15. The average Bonchev–Trinajstić information content (AvgIpc) is 2.62. The van der Waals surface area contributed by atoms with Gasteiger partial charge in [-0.05, 0) is 60.1 Å². The molecular weight excluding hydrogens is 285 g/mol. The fraction of sp³-hybridized carbons (Fsp3) is 0.500. The Kier molecular flexibility index (Phi) is 3.31. The zero-order valence-electron chi connectivity index (χ0n) is 8.52. The highest BCUT2D eigenvalue weighted by molar-refractivity contribution is 14.1. The molecule has 0 radical (unpaired) electrons. The van der Waals surface area contributed by atoms with Crippen molar-refractivity contribution in [2.24, 2.45) is 0 Å². The van der Waals surface area contributed by atoms with Gasteiger partial charge >= 0.3 is 0 Å². The average molecular weight is 301 g/mol. The second-order valence-electron chi connectivity index (χ2n) is 4.11. The van der Waals surface area contributed by atoms with E-state index in [0.29, 0.717) is 6.04 Å². The lowest BCUT2D eigenvalue weighted by Crippen LogP contribution is -2.15. The van der Waals surface area contributed by atoms with Gasteiger partial charge in [-0.2, -0.15) is 0 Å². The van der Waals surface area contributed by atoms with E-state index in [2.05, 4.69) is 53.0 Å². The van der Waals surface area contributed by atoms with E-state index in [-0.39, 0.29) is 0 Å². The van der Waals surface area contributed by atoms with Crippen LogP contribution in [0.4, 0.5) is 5.69 Å². The van der Waals surface area contributed by atoms with E-state index in [1.165, 1.54) is 40.5 Å². The van der Waals surface area contributed by atoms with Crippen molar-refractivity contribution in [3.8, 4) is 0 Å². The van der Waals surface area contributed by atoms with E-state index in [1.807, 2.05) is 0 Å². The Morgan fingerprint density at radius 1 is 1.29 bits per heavy atom. The van der Waals surface area contributed by atoms with Gasteiger partial charge in [0.05, 0.1) is 0 Å². The van der Waals surface area contributed by atoms with Crippen LogP contribution in [0.25, 0.3) is 0 Å². The van der Waals surface area contributed by atoms with Crippen molar-refractivity contribution in [2.75, 3.05) is 5.32 Å². The predicted octanol–water partition coefficient (Wildman–Crippen LogP) is 3.95. The largest absolute Gasteiger partial charge is 0.381 e. The summed E-state index contributed by atoms with van der Waals surface area (Å²) in [6, 6.07) is 7.33. The van der Waals surface area contributed by atoms with E-state index in [4.69, 9.17) is 0 Å². The molecule has 76 valence electrons. The van der Waals surface area contributed by atoms with Crippen molar-refractivity contribution in [1.82, 2.24) is 0 Å². The number of hydrogen-bond donors (Lipinski definition) is 1. The van der Waals surface area contributed by atoms with Gasteiger partial charge in [-0.15, -0.1) is 0 Å². The Labute approximate surface area is 99.4 Å². The fourth-order valence-corrected chi connectivity index (χ4v) is 2.85. The van der Waals surface area contributed by atoms with Crippen LogP contribution in [0.5, 0.6) is 0 Å². The van der Waals surface area contributed by atoms with Crippen LogP contribution in [0.15, 0.2) is 18.2 Å². The van der Waals surface area contributed by atoms with Crippen LogP contribution in [-0.2, 0) is 0 Å². The fourth-order valence-electron chi connectivity index (χ4n) is 2.03. The van der Waals surface area contributed by atoms with Gasteiger partial charge in [0.2, 0.25) is 0 Å². The zero-order chi connectivity index (χ0) is 9.97. The summed E-state index contributed by atoms with van der Waals surface area (Å²) in [7, 11) is 0. The third-order valence-electron chi connectivity index (χ3n) is 2.84. The molecule has 1 nitrogen and oxygen atoms in total. The molecular formula is C12H16IN. The molecule has 0 atom stereocenters. The molecule has 1 fully saturated rings. The van der Waals surface area contributed by atoms with Crippen LogP contribution >= 0.6 is 22.6 Å². The van der Waals surface area contributed by atoms with Gasteiger partial charge in [0.1, 0.15) is 0 Å². The summed E-state index contributed by atoms with van der Waals surface area (Å²) in [6.07, 6.45) is 5.45. The standard InChI is InChI=1S/C12H16IN/c1-9-6-7-12(11(13)8-9)14-10-4-2-3-5-10/h6-8,10,14H,2-5H2,1H3. The Balaban J connectivity index is 2.08. The molecule has 1 saturated carbocycles. The molecule has 1 aliphatic carbocycles. The molecule has 0 aromatic heterocycles. The van der Waals surface area contributed by atoms with Gasteiger partial charge in [0.25, 0.3) is 0 Å². The van der Waals surface area contributed by atoms with E-state index in [9.17, 15) is 0 Å². The minimum absolute atomic E-state index is 0.714. The molecule has 0 saturated heterocycles. The quantitative estimate of drug-likeness (QED) is 0.816. The summed E-state index contributed by atoms with van der Waals surface area (Å²) in [6.45, 7) is 2.14. The topological polar surface area (TPSA) is 12.0 Å². The number of aryl methyl sites for hydroxylation is 1. The van der Waals surface area contributed by atoms with Crippen molar-refractivity contribution >= 4 is 28.3 Å². The molecule has 0 heterocycles. The summed E-state index contributed by atoms with van der Waals surface area (Å²) in [5.74, 6) is 0. The van der Waals surface area contributed by atoms with Gasteiger partial charge in [0.15, 0.2) is 0 Å². The predicted molar refractivity (Wildman–Crippen MR) is 69.8 cm³/mol. The molecule has 0 amide bonds. The van der Waals surface area contributed by atoms with Crippen molar-refractivity contribution in [2.45, 2.75) is 38.6 Å². The first-order valence-corrected chi connectivity index (χ1v) is 6.36. The van der Waals surface area contributed by atoms with Crippen LogP contribution in [0, 0.1) is 10.5 Å². The molecule has 2 rings (SSSR count). The summed E-state index contributed by atoms with van der Waals surface area (Å²) >= 11 is 2.41. The van der Waals surface area contributed by atoms with E-state index >= 15 is 0 Å². The van der Waals surface area contributed by atoms with Crippen LogP contribution in [0.1, 0.15) is 31.2 Å². The molecule has 1 N–H and O–H groups in total. The van der Waals surface area contributed by atoms with Crippen LogP contribution in [0.2, 0.25) is 0 Å². The molecule has 14 heavy (non-hydrogen) atoms. The summed E-state index contributed by atoms with van der Waals surface area (Å²) in [5.41, 5.74) is 2.65. The van der Waals surface area contributed by atoms with E-state index < -0.39 is 0 Å². The maximum Gasteiger partial charge on any atom is 0.0478 e. The molecule has 1 aromatic rings. The van der Waals surface area contributed by atoms with Crippen molar-refractivity contribution < 1.29 is 0 Å². The Morgan fingerprint density at radius 2 is 2.00 bits per heavy atom. The van der Waals surface area contributed by atoms with Crippen molar-refractivity contribution in [1.29, 1.82) is 0 Å². The lowest BCUT2D eigenvalue weighted by atomic mass is 10.2. The number of hydrogen-bond acceptors (Lipinski definition) is 1. The monoisotopic (exact) mass is 301 g/mol. The number of benzene rings is 1. The molecule has 1 aromatic carbocycles. The van der Waals surface area contributed by atoms with E-state index in [0.717, 1.165) is 0 Å². The summed E-state index contributed by atoms with van der Waals surface area (Å²) < 4.78 is 1.34. The first-order valence-electron chi connectivity index (χ1n) is 5.28. The smallest absolute Gasteiger partial charge is 0.0478 e. The maximum atomic E-state index is 3.63. The number of nitrogens with one attached hydrogen (secondary N) is 1. The van der Waals surface area contributed by atoms with Crippen LogP contribution < -0.4 is 5.32 Å². The second kappa shape index (κ2) is 4.51. The van der Waals surface area contributed by atoms with Crippen molar-refractivity contribution in [3.05, 3.63) is 27.3 Å². The zero-order valence-corrected chi connectivity index (χ0v) is 10.7. The summed E-state index contributed by atoms with van der Waals surface area (Å²) in [5, 5.41) is 3.63. The highest BCUT2D eigenvalue weighted by Gasteiger charge is 2.15. The Morgan fingerprint density at radius 3 is 2.64 bits per heavy atom. The molecule has 0 spiro atoms. The Bertz CT molecular complexity index is 316. The molecule has 2 heteroatoms.